The number of ether oxygens (including phenoxy) is 2. The second-order valence-electron chi connectivity index (χ2n) is 8.93. The molecule has 0 radical (unpaired) electrons. The van der Waals surface area contributed by atoms with Crippen LogP contribution in [0.4, 0.5) is 0 Å². The van der Waals surface area contributed by atoms with Crippen molar-refractivity contribution in [3.8, 4) is 0 Å². The Labute approximate surface area is 169 Å². The third kappa shape index (κ3) is 10.4. The van der Waals surface area contributed by atoms with Gasteiger partial charge in [-0.1, -0.05) is 30.3 Å². The van der Waals surface area contributed by atoms with Gasteiger partial charge in [0.1, 0.15) is 5.60 Å². The zero-order chi connectivity index (χ0) is 21.4. The lowest BCUT2D eigenvalue weighted by Crippen LogP contribution is -2.52. The summed E-state index contributed by atoms with van der Waals surface area (Å²) in [5.74, 6) is -0.712. The normalized spacial score (nSPS) is 14.2. The highest BCUT2D eigenvalue weighted by Gasteiger charge is 2.33. The monoisotopic (exact) mass is 392 g/mol. The fourth-order valence-corrected chi connectivity index (χ4v) is 2.64. The molecule has 2 atom stereocenters. The predicted molar refractivity (Wildman–Crippen MR) is 111 cm³/mol. The molecule has 0 unspecified atom stereocenters. The minimum atomic E-state index is -0.861. The Morgan fingerprint density at radius 2 is 1.61 bits per heavy atom. The van der Waals surface area contributed by atoms with Crippen LogP contribution in [0.2, 0.25) is 0 Å². The molecule has 1 amide bonds. The highest BCUT2D eigenvalue weighted by molar-refractivity contribution is 5.85. The van der Waals surface area contributed by atoms with E-state index in [1.54, 1.807) is 27.7 Å². The van der Waals surface area contributed by atoms with Crippen molar-refractivity contribution < 1.29 is 19.1 Å². The summed E-state index contributed by atoms with van der Waals surface area (Å²) in [5.41, 5.74) is 0.0715. The molecule has 28 heavy (non-hydrogen) atoms. The van der Waals surface area contributed by atoms with Crippen LogP contribution in [0, 0.1) is 0 Å². The summed E-state index contributed by atoms with van der Waals surface area (Å²) in [7, 11) is 0. The summed E-state index contributed by atoms with van der Waals surface area (Å²) in [4.78, 5) is 25.0. The smallest absolute Gasteiger partial charge is 0.331 e. The van der Waals surface area contributed by atoms with Crippen LogP contribution in [0.3, 0.4) is 0 Å². The lowest BCUT2D eigenvalue weighted by molar-refractivity contribution is -0.166. The van der Waals surface area contributed by atoms with Gasteiger partial charge >= 0.3 is 5.97 Å². The van der Waals surface area contributed by atoms with Gasteiger partial charge in [-0.25, -0.2) is 4.79 Å². The molecule has 0 aromatic heterocycles. The van der Waals surface area contributed by atoms with Crippen LogP contribution in [0.15, 0.2) is 30.3 Å². The molecule has 1 aromatic rings. The Bertz CT molecular complexity index is 618. The van der Waals surface area contributed by atoms with Crippen LogP contribution in [0.5, 0.6) is 0 Å². The third-order valence-corrected chi connectivity index (χ3v) is 3.69. The summed E-state index contributed by atoms with van der Waals surface area (Å²) in [6.45, 7) is 14.1. The quantitative estimate of drug-likeness (QED) is 0.499. The average Bonchev–Trinajstić information content (AvgIpc) is 2.54. The molecule has 0 aliphatic heterocycles. The van der Waals surface area contributed by atoms with Crippen LogP contribution in [-0.2, 0) is 25.6 Å². The van der Waals surface area contributed by atoms with Crippen molar-refractivity contribution in [1.29, 1.82) is 0 Å². The first-order valence-corrected chi connectivity index (χ1v) is 9.82. The van der Waals surface area contributed by atoms with Crippen molar-refractivity contribution >= 4 is 11.9 Å². The number of benzene rings is 1. The Hall–Kier alpha value is -1.92. The molecule has 0 fully saturated rings. The standard InChI is InChI=1S/C22H36N2O4/c1-16(27-21(2,3)4)19(20(26)28-22(5,6)7)24-18(25)13-14-23-15-17-11-9-8-10-12-17/h8-12,16,19,23H,13-15H2,1-7H3,(H,24,25)/t16-,19+/m1/s1. The van der Waals surface area contributed by atoms with Gasteiger partial charge in [-0.15, -0.1) is 0 Å². The molecule has 0 saturated heterocycles. The van der Waals surface area contributed by atoms with Gasteiger partial charge in [-0.2, -0.15) is 0 Å². The number of esters is 1. The highest BCUT2D eigenvalue weighted by Crippen LogP contribution is 2.16. The lowest BCUT2D eigenvalue weighted by Gasteiger charge is -2.32. The molecule has 0 spiro atoms. The Morgan fingerprint density at radius 3 is 2.14 bits per heavy atom. The molecule has 6 heteroatoms. The number of rotatable bonds is 9. The van der Waals surface area contributed by atoms with Gasteiger partial charge in [0.25, 0.3) is 0 Å². The molecule has 6 nitrogen and oxygen atoms in total. The Balaban J connectivity index is 2.60. The van der Waals surface area contributed by atoms with Crippen LogP contribution in [-0.4, -0.2) is 41.8 Å². The second kappa shape index (κ2) is 10.6. The maximum Gasteiger partial charge on any atom is 0.331 e. The zero-order valence-corrected chi connectivity index (χ0v) is 18.3. The fourth-order valence-electron chi connectivity index (χ4n) is 2.64. The van der Waals surface area contributed by atoms with E-state index >= 15 is 0 Å². The van der Waals surface area contributed by atoms with E-state index in [1.165, 1.54) is 0 Å². The minimum Gasteiger partial charge on any atom is -0.458 e. The predicted octanol–water partition coefficient (Wildman–Crippen LogP) is 3.20. The van der Waals surface area contributed by atoms with Gasteiger partial charge in [0.2, 0.25) is 5.91 Å². The van der Waals surface area contributed by atoms with Crippen molar-refractivity contribution in [1.82, 2.24) is 10.6 Å². The van der Waals surface area contributed by atoms with Gasteiger partial charge < -0.3 is 20.1 Å². The molecule has 1 rings (SSSR count). The van der Waals surface area contributed by atoms with E-state index in [0.29, 0.717) is 13.1 Å². The minimum absolute atomic E-state index is 0.221. The molecule has 0 saturated carbocycles. The SMILES string of the molecule is C[C@@H](OC(C)(C)C)[C@H](NC(=O)CCNCc1ccccc1)C(=O)OC(C)(C)C. The maximum absolute atomic E-state index is 12.6. The molecule has 0 bridgehead atoms. The first-order valence-electron chi connectivity index (χ1n) is 9.82. The summed E-state index contributed by atoms with van der Waals surface area (Å²) in [6, 6.07) is 9.11. The van der Waals surface area contributed by atoms with Crippen molar-refractivity contribution in [2.24, 2.45) is 0 Å². The zero-order valence-electron chi connectivity index (χ0n) is 18.3. The van der Waals surface area contributed by atoms with Gasteiger partial charge in [0.15, 0.2) is 6.04 Å². The van der Waals surface area contributed by atoms with Crippen molar-refractivity contribution in [2.45, 2.75) is 84.8 Å². The summed E-state index contributed by atoms with van der Waals surface area (Å²) in [6.07, 6.45) is -0.259. The first kappa shape index (κ1) is 24.1. The fraction of sp³-hybridized carbons (Fsp3) is 0.636. The van der Waals surface area contributed by atoms with E-state index in [4.69, 9.17) is 9.47 Å². The first-order chi connectivity index (χ1) is 12.9. The number of nitrogens with one attached hydrogen (secondary N) is 2. The number of hydrogen-bond donors (Lipinski definition) is 2. The van der Waals surface area contributed by atoms with Gasteiger partial charge in [-0.3, -0.25) is 4.79 Å². The van der Waals surface area contributed by atoms with Crippen molar-refractivity contribution in [2.75, 3.05) is 6.54 Å². The highest BCUT2D eigenvalue weighted by atomic mass is 16.6. The topological polar surface area (TPSA) is 76.7 Å². The number of amides is 1. The van der Waals surface area contributed by atoms with Gasteiger partial charge in [0.05, 0.1) is 11.7 Å². The summed E-state index contributed by atoms with van der Waals surface area (Å²) in [5, 5.41) is 6.01. The van der Waals surface area contributed by atoms with E-state index in [1.807, 2.05) is 51.1 Å². The van der Waals surface area contributed by atoms with E-state index in [-0.39, 0.29) is 12.3 Å². The van der Waals surface area contributed by atoms with Crippen molar-refractivity contribution in [3.63, 3.8) is 0 Å². The molecular weight excluding hydrogens is 356 g/mol. The largest absolute Gasteiger partial charge is 0.458 e. The summed E-state index contributed by atoms with van der Waals surface area (Å²) < 4.78 is 11.4. The maximum atomic E-state index is 12.6. The van der Waals surface area contributed by atoms with Gasteiger partial charge in [-0.05, 0) is 54.0 Å². The molecule has 0 heterocycles. The van der Waals surface area contributed by atoms with Crippen LogP contribution in [0.1, 0.15) is 60.5 Å². The van der Waals surface area contributed by atoms with Crippen molar-refractivity contribution in [3.05, 3.63) is 35.9 Å². The van der Waals surface area contributed by atoms with Crippen LogP contribution < -0.4 is 10.6 Å². The molecule has 158 valence electrons. The molecular formula is C22H36N2O4. The van der Waals surface area contributed by atoms with E-state index in [9.17, 15) is 9.59 Å². The molecule has 0 aliphatic rings. The Kier molecular flexibility index (Phi) is 9.11. The number of hydrogen-bond acceptors (Lipinski definition) is 5. The van der Waals surface area contributed by atoms with Gasteiger partial charge in [0, 0.05) is 19.5 Å². The second-order valence-corrected chi connectivity index (χ2v) is 8.93. The van der Waals surface area contributed by atoms with E-state index in [0.717, 1.165) is 5.56 Å². The number of carbonyl (C=O) groups excluding carboxylic acids is 2. The number of carbonyl (C=O) groups is 2. The van der Waals surface area contributed by atoms with E-state index in [2.05, 4.69) is 10.6 Å². The molecule has 2 N–H and O–H groups in total. The Morgan fingerprint density at radius 1 is 1.00 bits per heavy atom. The molecule has 0 aliphatic carbocycles. The third-order valence-electron chi connectivity index (χ3n) is 3.69. The van der Waals surface area contributed by atoms with Crippen LogP contribution in [0.25, 0.3) is 0 Å². The molecule has 1 aromatic carbocycles. The van der Waals surface area contributed by atoms with Crippen LogP contribution >= 0.6 is 0 Å². The summed E-state index contributed by atoms with van der Waals surface area (Å²) >= 11 is 0. The average molecular weight is 393 g/mol. The van der Waals surface area contributed by atoms with E-state index < -0.39 is 29.3 Å². The lowest BCUT2D eigenvalue weighted by atomic mass is 10.1.